The molecule has 0 bridgehead atoms. The van der Waals surface area contributed by atoms with Gasteiger partial charge in [0.25, 0.3) is 5.91 Å². The van der Waals surface area contributed by atoms with Crippen LogP contribution in [0, 0.1) is 0 Å². The number of hydrogen-bond donors (Lipinski definition) is 1. The first-order valence-electron chi connectivity index (χ1n) is 12.9. The number of nitrogens with one attached hydrogen (secondary N) is 1. The average molecular weight is 537 g/mol. The Balaban J connectivity index is 1.44. The molecule has 8 heteroatoms. The summed E-state index contributed by atoms with van der Waals surface area (Å²) in [5, 5.41) is 3.11. The maximum atomic E-state index is 14.1. The molecule has 4 aromatic carbocycles. The largest absolute Gasteiger partial charge is 0.497 e. The van der Waals surface area contributed by atoms with Crippen molar-refractivity contribution in [2.45, 2.75) is 18.5 Å². The molecule has 8 nitrogen and oxygen atoms in total. The smallest absolute Gasteiger partial charge is 0.259 e. The number of ether oxygens (including phenoxy) is 4. The predicted octanol–water partition coefficient (Wildman–Crippen LogP) is 5.23. The maximum Gasteiger partial charge on any atom is 0.259 e. The normalized spacial score (nSPS) is 17.2. The number of benzene rings is 4. The van der Waals surface area contributed by atoms with Crippen molar-refractivity contribution >= 4 is 17.5 Å². The average Bonchev–Trinajstić information content (AvgIpc) is 3.48. The molecule has 0 saturated carbocycles. The van der Waals surface area contributed by atoms with Gasteiger partial charge in [0.15, 0.2) is 11.5 Å². The highest BCUT2D eigenvalue weighted by Gasteiger charge is 2.45. The third-order valence-electron chi connectivity index (χ3n) is 7.34. The van der Waals surface area contributed by atoms with E-state index in [-0.39, 0.29) is 18.6 Å². The van der Waals surface area contributed by atoms with Crippen molar-refractivity contribution < 1.29 is 28.5 Å². The van der Waals surface area contributed by atoms with Gasteiger partial charge in [0.05, 0.1) is 26.2 Å². The van der Waals surface area contributed by atoms with Gasteiger partial charge in [-0.15, -0.1) is 0 Å². The fourth-order valence-corrected chi connectivity index (χ4v) is 5.32. The number of anilines is 1. The minimum atomic E-state index is -0.689. The first-order chi connectivity index (χ1) is 19.6. The van der Waals surface area contributed by atoms with Crippen LogP contribution in [-0.4, -0.2) is 32.8 Å². The molecule has 202 valence electrons. The molecule has 4 aromatic rings. The van der Waals surface area contributed by atoms with Crippen LogP contribution in [0.3, 0.4) is 0 Å². The van der Waals surface area contributed by atoms with E-state index in [1.54, 1.807) is 37.3 Å². The molecule has 1 N–H and O–H groups in total. The number of hydrogen-bond acceptors (Lipinski definition) is 6. The second-order valence-electron chi connectivity index (χ2n) is 9.56. The van der Waals surface area contributed by atoms with Crippen LogP contribution in [0.4, 0.5) is 5.69 Å². The third kappa shape index (κ3) is 4.58. The zero-order valence-corrected chi connectivity index (χ0v) is 22.1. The van der Waals surface area contributed by atoms with E-state index in [1.807, 2.05) is 72.8 Å². The molecule has 2 amide bonds. The van der Waals surface area contributed by atoms with E-state index in [9.17, 15) is 9.59 Å². The van der Waals surface area contributed by atoms with Crippen LogP contribution in [0.1, 0.15) is 39.0 Å². The lowest BCUT2D eigenvalue weighted by atomic mass is 9.78. The van der Waals surface area contributed by atoms with Crippen molar-refractivity contribution in [3.63, 3.8) is 0 Å². The molecular weight excluding hydrogens is 508 g/mol. The van der Waals surface area contributed by atoms with Crippen molar-refractivity contribution in [1.82, 2.24) is 5.32 Å². The van der Waals surface area contributed by atoms with Gasteiger partial charge < -0.3 is 24.3 Å². The quantitative estimate of drug-likeness (QED) is 0.348. The van der Waals surface area contributed by atoms with E-state index in [4.69, 9.17) is 18.9 Å². The molecule has 0 fully saturated rings. The van der Waals surface area contributed by atoms with E-state index in [0.29, 0.717) is 40.6 Å². The Kier molecular flexibility index (Phi) is 6.74. The van der Waals surface area contributed by atoms with Gasteiger partial charge in [-0.1, -0.05) is 42.5 Å². The summed E-state index contributed by atoms with van der Waals surface area (Å²) >= 11 is 0. The molecule has 40 heavy (non-hydrogen) atoms. The van der Waals surface area contributed by atoms with Crippen LogP contribution in [0.15, 0.2) is 91.0 Å². The summed E-state index contributed by atoms with van der Waals surface area (Å²) in [6.07, 6.45) is 0. The SMILES string of the molecule is COc1ccc(CNC(=O)[C@H]2c3ccccc3C(=O)N(c3ccc4c(c3)OCO4)[C@@H]2c2ccc(OC)cc2)cc1. The highest BCUT2D eigenvalue weighted by Crippen LogP contribution is 2.47. The number of nitrogens with zero attached hydrogens (tertiary/aromatic N) is 1. The van der Waals surface area contributed by atoms with Crippen molar-refractivity contribution in [2.75, 3.05) is 25.9 Å². The number of rotatable bonds is 7. The first kappa shape index (κ1) is 25.3. The zero-order valence-electron chi connectivity index (χ0n) is 22.1. The zero-order chi connectivity index (χ0) is 27.6. The molecule has 2 atom stereocenters. The standard InChI is InChI=1S/C32H28N2O6/c1-37-23-12-7-20(8-13-23)18-33-31(35)29-25-5-3-4-6-26(25)32(36)34(22-11-16-27-28(17-22)40-19-39-27)30(29)21-9-14-24(38-2)15-10-21/h3-17,29-30H,18-19H2,1-2H3,(H,33,35)/t29-,30+/m0/s1. The summed E-state index contributed by atoms with van der Waals surface area (Å²) < 4.78 is 21.7. The molecule has 2 heterocycles. The van der Waals surface area contributed by atoms with E-state index in [2.05, 4.69) is 5.32 Å². The minimum Gasteiger partial charge on any atom is -0.497 e. The summed E-state index contributed by atoms with van der Waals surface area (Å²) in [6.45, 7) is 0.447. The monoisotopic (exact) mass is 536 g/mol. The van der Waals surface area contributed by atoms with Crippen LogP contribution in [0.2, 0.25) is 0 Å². The summed E-state index contributed by atoms with van der Waals surface area (Å²) in [4.78, 5) is 29.9. The van der Waals surface area contributed by atoms with Gasteiger partial charge in [0.1, 0.15) is 11.5 Å². The maximum absolute atomic E-state index is 14.1. The van der Waals surface area contributed by atoms with Gasteiger partial charge in [-0.2, -0.15) is 0 Å². The molecule has 0 aliphatic carbocycles. The molecule has 0 saturated heterocycles. The number of methoxy groups -OCH3 is 2. The summed E-state index contributed by atoms with van der Waals surface area (Å²) in [5.74, 6) is 1.51. The molecular formula is C32H28N2O6. The number of carbonyl (C=O) groups is 2. The van der Waals surface area contributed by atoms with Gasteiger partial charge in [0, 0.05) is 23.9 Å². The summed E-state index contributed by atoms with van der Waals surface area (Å²) in [5.41, 5.74) is 3.50. The lowest BCUT2D eigenvalue weighted by Crippen LogP contribution is -2.47. The van der Waals surface area contributed by atoms with Crippen LogP contribution in [0.25, 0.3) is 0 Å². The Bertz CT molecular complexity index is 1550. The Morgan fingerprint density at radius 2 is 1.55 bits per heavy atom. The van der Waals surface area contributed by atoms with Gasteiger partial charge in [-0.05, 0) is 59.2 Å². The van der Waals surface area contributed by atoms with Gasteiger partial charge >= 0.3 is 0 Å². The third-order valence-corrected chi connectivity index (χ3v) is 7.34. The Morgan fingerprint density at radius 3 is 2.27 bits per heavy atom. The first-order valence-corrected chi connectivity index (χ1v) is 12.9. The molecule has 0 unspecified atom stereocenters. The lowest BCUT2D eigenvalue weighted by molar-refractivity contribution is -0.123. The molecule has 0 aromatic heterocycles. The van der Waals surface area contributed by atoms with Gasteiger partial charge in [-0.3, -0.25) is 14.5 Å². The fourth-order valence-electron chi connectivity index (χ4n) is 5.32. The van der Waals surface area contributed by atoms with E-state index < -0.39 is 12.0 Å². The number of fused-ring (bicyclic) bond motifs is 2. The van der Waals surface area contributed by atoms with Crippen molar-refractivity contribution in [3.05, 3.63) is 113 Å². The minimum absolute atomic E-state index is 0.119. The highest BCUT2D eigenvalue weighted by atomic mass is 16.7. The van der Waals surface area contributed by atoms with Crippen LogP contribution in [-0.2, 0) is 11.3 Å². The predicted molar refractivity (Wildman–Crippen MR) is 149 cm³/mol. The summed E-state index contributed by atoms with van der Waals surface area (Å²) in [6, 6.07) is 27.1. The molecule has 0 radical (unpaired) electrons. The number of amides is 2. The van der Waals surface area contributed by atoms with E-state index in [0.717, 1.165) is 16.9 Å². The Morgan fingerprint density at radius 1 is 0.875 bits per heavy atom. The molecule has 2 aliphatic rings. The molecule has 2 aliphatic heterocycles. The fraction of sp³-hybridized carbons (Fsp3) is 0.188. The topological polar surface area (TPSA) is 86.3 Å². The second kappa shape index (κ2) is 10.6. The lowest BCUT2D eigenvalue weighted by Gasteiger charge is -2.42. The van der Waals surface area contributed by atoms with E-state index >= 15 is 0 Å². The molecule has 0 spiro atoms. The van der Waals surface area contributed by atoms with Crippen LogP contribution in [0.5, 0.6) is 23.0 Å². The van der Waals surface area contributed by atoms with Crippen molar-refractivity contribution in [2.24, 2.45) is 0 Å². The van der Waals surface area contributed by atoms with Crippen molar-refractivity contribution in [3.8, 4) is 23.0 Å². The highest BCUT2D eigenvalue weighted by molar-refractivity contribution is 6.11. The Labute approximate surface area is 232 Å². The van der Waals surface area contributed by atoms with Gasteiger partial charge in [0.2, 0.25) is 12.7 Å². The summed E-state index contributed by atoms with van der Waals surface area (Å²) in [7, 11) is 3.22. The van der Waals surface area contributed by atoms with Crippen LogP contribution >= 0.6 is 0 Å². The Hall–Kier alpha value is -4.98. The van der Waals surface area contributed by atoms with Crippen LogP contribution < -0.4 is 29.2 Å². The van der Waals surface area contributed by atoms with E-state index in [1.165, 1.54) is 0 Å². The second-order valence-corrected chi connectivity index (χ2v) is 9.56. The van der Waals surface area contributed by atoms with Gasteiger partial charge in [-0.25, -0.2) is 0 Å². The number of carbonyl (C=O) groups excluding carboxylic acids is 2. The molecule has 6 rings (SSSR count). The van der Waals surface area contributed by atoms with Crippen molar-refractivity contribution in [1.29, 1.82) is 0 Å².